The number of carbonyl (C=O) groups is 3. The van der Waals surface area contributed by atoms with Crippen LogP contribution in [0.15, 0.2) is 60.8 Å². The van der Waals surface area contributed by atoms with Gasteiger partial charge in [0.05, 0.1) is 29.6 Å². The second-order valence-corrected chi connectivity index (χ2v) is 10.8. The zero-order chi connectivity index (χ0) is 30.1. The Hall–Kier alpha value is -4.77. The lowest BCUT2D eigenvalue weighted by atomic mass is 9.96. The summed E-state index contributed by atoms with van der Waals surface area (Å²) in [5, 5.41) is 11.8. The molecule has 1 saturated heterocycles. The quantitative estimate of drug-likeness (QED) is 0.0900. The maximum absolute atomic E-state index is 13.7. The van der Waals surface area contributed by atoms with Gasteiger partial charge in [0, 0.05) is 6.20 Å². The fourth-order valence-corrected chi connectivity index (χ4v) is 5.88. The van der Waals surface area contributed by atoms with Gasteiger partial charge in [-0.05, 0) is 56.5 Å². The second kappa shape index (κ2) is 11.6. The highest BCUT2D eigenvalue weighted by atomic mass is 32.1. The molecule has 5 rings (SSSR count). The number of aromatic nitrogens is 3. The van der Waals surface area contributed by atoms with Gasteiger partial charge in [0.2, 0.25) is 0 Å². The summed E-state index contributed by atoms with van der Waals surface area (Å²) in [5.41, 5.74) is 3.02. The van der Waals surface area contributed by atoms with E-state index in [1.165, 1.54) is 11.0 Å². The maximum Gasteiger partial charge on any atom is 0.350 e. The second-order valence-electron chi connectivity index (χ2n) is 9.82. The van der Waals surface area contributed by atoms with Crippen LogP contribution in [0.2, 0.25) is 0 Å². The number of anilines is 1. The molecular weight excluding hydrogens is 556 g/mol. The fourth-order valence-electron chi connectivity index (χ4n) is 4.89. The average molecular weight is 587 g/mol. The maximum atomic E-state index is 13.7. The molecule has 1 amide bonds. The van der Waals surface area contributed by atoms with E-state index in [0.717, 1.165) is 23.3 Å². The molecule has 0 saturated carbocycles. The molecule has 11 heteroatoms. The van der Waals surface area contributed by atoms with Gasteiger partial charge in [-0.25, -0.2) is 14.8 Å². The van der Waals surface area contributed by atoms with Gasteiger partial charge in [0.15, 0.2) is 10.9 Å². The number of aryl methyl sites for hydroxylation is 3. The van der Waals surface area contributed by atoms with Crippen molar-refractivity contribution in [3.05, 3.63) is 93.9 Å². The van der Waals surface area contributed by atoms with Crippen molar-refractivity contribution in [2.75, 3.05) is 18.1 Å². The van der Waals surface area contributed by atoms with Crippen molar-refractivity contribution in [2.24, 2.45) is 0 Å². The van der Waals surface area contributed by atoms with Crippen LogP contribution in [0.3, 0.4) is 0 Å². The van der Waals surface area contributed by atoms with E-state index in [1.54, 1.807) is 38.1 Å². The first kappa shape index (κ1) is 28.7. The van der Waals surface area contributed by atoms with Gasteiger partial charge in [0.25, 0.3) is 5.78 Å². The summed E-state index contributed by atoms with van der Waals surface area (Å²) in [7, 11) is 0. The number of ether oxygens (including phenoxy) is 2. The molecule has 3 aromatic heterocycles. The number of aliphatic hydroxyl groups is 1. The Kier molecular flexibility index (Phi) is 7.95. The van der Waals surface area contributed by atoms with Crippen LogP contribution < -0.4 is 9.64 Å². The molecule has 0 spiro atoms. The third-order valence-electron chi connectivity index (χ3n) is 6.91. The van der Waals surface area contributed by atoms with Gasteiger partial charge in [0.1, 0.15) is 28.6 Å². The highest BCUT2D eigenvalue weighted by Crippen LogP contribution is 2.44. The number of benzene rings is 1. The summed E-state index contributed by atoms with van der Waals surface area (Å²) in [6, 6.07) is 9.71. The lowest BCUT2D eigenvalue weighted by Crippen LogP contribution is -2.29. The molecule has 1 aliphatic rings. The number of aliphatic hydroxyl groups excluding tert-OH is 1. The number of nitrogens with zero attached hydrogens (tertiary/aromatic N) is 4. The van der Waals surface area contributed by atoms with E-state index >= 15 is 0 Å². The van der Waals surface area contributed by atoms with Crippen molar-refractivity contribution in [3.63, 3.8) is 0 Å². The minimum absolute atomic E-state index is 0.0123. The molecule has 4 heterocycles. The minimum Gasteiger partial charge on any atom is -0.505 e. The molecule has 1 fully saturated rings. The number of imidazole rings is 1. The van der Waals surface area contributed by atoms with Crippen LogP contribution >= 0.6 is 11.3 Å². The number of fused-ring (bicyclic) bond motifs is 1. The third-order valence-corrected chi connectivity index (χ3v) is 8.05. The van der Waals surface area contributed by atoms with Gasteiger partial charge < -0.3 is 19.0 Å². The average Bonchev–Trinajstić information content (AvgIpc) is 3.62. The number of rotatable bonds is 9. The fraction of sp³-hybridized carbons (Fsp3) is 0.258. The van der Waals surface area contributed by atoms with E-state index in [1.807, 2.05) is 36.6 Å². The highest BCUT2D eigenvalue weighted by Gasteiger charge is 2.49. The molecule has 0 bridgehead atoms. The lowest BCUT2D eigenvalue weighted by molar-refractivity contribution is -0.132. The van der Waals surface area contributed by atoms with Crippen LogP contribution in [-0.2, 0) is 14.3 Å². The molecule has 1 atom stereocenters. The van der Waals surface area contributed by atoms with Gasteiger partial charge in [-0.1, -0.05) is 49.1 Å². The van der Waals surface area contributed by atoms with E-state index < -0.39 is 29.5 Å². The molecular formula is C31H30N4O6S. The first-order valence-electron chi connectivity index (χ1n) is 13.4. The first-order chi connectivity index (χ1) is 20.2. The van der Waals surface area contributed by atoms with Gasteiger partial charge in [-0.2, -0.15) is 0 Å². The summed E-state index contributed by atoms with van der Waals surface area (Å²) in [5.74, 6) is -2.26. The van der Waals surface area contributed by atoms with Gasteiger partial charge in [-0.15, -0.1) is 0 Å². The normalized spacial score (nSPS) is 16.3. The number of carbonyl (C=O) groups excluding carboxylic acids is 3. The summed E-state index contributed by atoms with van der Waals surface area (Å²) in [4.78, 5) is 50.6. The molecule has 0 radical (unpaired) electrons. The highest BCUT2D eigenvalue weighted by molar-refractivity contribution is 7.17. The Morgan fingerprint density at radius 2 is 1.95 bits per heavy atom. The SMILES string of the molecule is C=CCOC(=O)c1sc(N2C(=O)C(=O)C(=C(O)c3nc4c(C)cccn4c3C)C2c2cccc(OCCC)c2)nc1C. The van der Waals surface area contributed by atoms with Crippen LogP contribution in [0.4, 0.5) is 5.13 Å². The van der Waals surface area contributed by atoms with Crippen molar-refractivity contribution in [1.82, 2.24) is 14.4 Å². The predicted octanol–water partition coefficient (Wildman–Crippen LogP) is 5.47. The number of Topliss-reactive ketones (excluding diaryl/α,β-unsaturated/α-hetero) is 1. The van der Waals surface area contributed by atoms with Gasteiger partial charge >= 0.3 is 11.9 Å². The first-order valence-corrected chi connectivity index (χ1v) is 14.2. The number of esters is 1. The Labute approximate surface area is 246 Å². The van der Waals surface area contributed by atoms with E-state index in [9.17, 15) is 19.5 Å². The smallest absolute Gasteiger partial charge is 0.350 e. The number of ketones is 1. The standard InChI is InChI=1S/C31H30N4O6S/c1-6-14-40-21-12-8-11-20(16-21)24-22(25(36)23-19(5)34-13-9-10-17(3)28(34)33-23)26(37)29(38)35(24)31-32-18(4)27(42-31)30(39)41-15-7-2/h7-13,16,24,36H,2,6,14-15H2,1,3-5H3. The van der Waals surface area contributed by atoms with Gasteiger partial charge in [-0.3, -0.25) is 14.5 Å². The van der Waals surface area contributed by atoms with Crippen molar-refractivity contribution in [1.29, 1.82) is 0 Å². The van der Waals surface area contributed by atoms with Crippen molar-refractivity contribution < 1.29 is 29.0 Å². The molecule has 1 N–H and O–H groups in total. The largest absolute Gasteiger partial charge is 0.505 e. The monoisotopic (exact) mass is 586 g/mol. The number of amides is 1. The van der Waals surface area contributed by atoms with E-state index in [2.05, 4.69) is 16.5 Å². The topological polar surface area (TPSA) is 123 Å². The Balaban J connectivity index is 1.71. The van der Waals surface area contributed by atoms with Crippen LogP contribution in [0.5, 0.6) is 5.75 Å². The Bertz CT molecular complexity index is 1770. The molecule has 4 aromatic rings. The summed E-state index contributed by atoms with van der Waals surface area (Å²) < 4.78 is 12.8. The molecule has 1 unspecified atom stereocenters. The number of thiazole rings is 1. The summed E-state index contributed by atoms with van der Waals surface area (Å²) in [6.07, 6.45) is 4.06. The van der Waals surface area contributed by atoms with Crippen molar-refractivity contribution in [3.8, 4) is 5.75 Å². The van der Waals surface area contributed by atoms with Crippen LogP contribution in [0, 0.1) is 20.8 Å². The molecule has 216 valence electrons. The van der Waals surface area contributed by atoms with Crippen LogP contribution in [-0.4, -0.2) is 50.3 Å². The zero-order valence-electron chi connectivity index (χ0n) is 23.7. The van der Waals surface area contributed by atoms with E-state index in [0.29, 0.717) is 35.0 Å². The van der Waals surface area contributed by atoms with E-state index in [4.69, 9.17) is 9.47 Å². The molecule has 1 aromatic carbocycles. The van der Waals surface area contributed by atoms with Crippen molar-refractivity contribution >= 4 is 45.5 Å². The summed E-state index contributed by atoms with van der Waals surface area (Å²) in [6.45, 7) is 11.3. The lowest BCUT2D eigenvalue weighted by Gasteiger charge is -2.23. The minimum atomic E-state index is -1.07. The number of hydrogen-bond acceptors (Lipinski definition) is 9. The molecule has 0 aliphatic carbocycles. The van der Waals surface area contributed by atoms with Crippen LogP contribution in [0.25, 0.3) is 11.4 Å². The number of hydrogen-bond donors (Lipinski definition) is 1. The molecule has 42 heavy (non-hydrogen) atoms. The van der Waals surface area contributed by atoms with E-state index in [-0.39, 0.29) is 27.9 Å². The summed E-state index contributed by atoms with van der Waals surface area (Å²) >= 11 is 0.934. The predicted molar refractivity (Wildman–Crippen MR) is 159 cm³/mol. The zero-order valence-corrected chi connectivity index (χ0v) is 24.5. The molecule has 10 nitrogen and oxygen atoms in total. The molecule has 1 aliphatic heterocycles. The van der Waals surface area contributed by atoms with Crippen molar-refractivity contribution in [2.45, 2.75) is 40.2 Å². The van der Waals surface area contributed by atoms with Crippen LogP contribution in [0.1, 0.15) is 57.3 Å². The Morgan fingerprint density at radius 1 is 1.17 bits per heavy atom. The number of pyridine rings is 1. The third kappa shape index (κ3) is 4.96. The Morgan fingerprint density at radius 3 is 2.67 bits per heavy atom.